The van der Waals surface area contributed by atoms with Crippen LogP contribution in [0.5, 0.6) is 0 Å². The Morgan fingerprint density at radius 2 is 1.95 bits per heavy atom. The van der Waals surface area contributed by atoms with E-state index in [-0.39, 0.29) is 17.9 Å². The van der Waals surface area contributed by atoms with Crippen molar-refractivity contribution in [1.29, 1.82) is 0 Å². The molecular weight excluding hydrogens is 254 g/mol. The van der Waals surface area contributed by atoms with Gasteiger partial charge in [0.15, 0.2) is 0 Å². The number of likely N-dealkylation sites (tertiary alicyclic amines) is 1. The molecule has 2 atom stereocenters. The fraction of sp³-hybridized carbons (Fsp3) is 0.600. The van der Waals surface area contributed by atoms with Crippen LogP contribution >= 0.6 is 0 Å². The van der Waals surface area contributed by atoms with Gasteiger partial charge in [0.25, 0.3) is 5.91 Å². The van der Waals surface area contributed by atoms with Gasteiger partial charge in [-0.05, 0) is 25.7 Å². The Bertz CT molecular complexity index is 503. The molecule has 1 amide bonds. The van der Waals surface area contributed by atoms with E-state index < -0.39 is 0 Å². The Balaban J connectivity index is 1.78. The van der Waals surface area contributed by atoms with Crippen molar-refractivity contribution in [2.24, 2.45) is 5.92 Å². The molecule has 1 saturated carbocycles. The van der Waals surface area contributed by atoms with Gasteiger partial charge in [0.05, 0.1) is 5.56 Å². The molecule has 0 spiro atoms. The summed E-state index contributed by atoms with van der Waals surface area (Å²) in [6.07, 6.45) is 10.1. The van der Waals surface area contributed by atoms with Crippen molar-refractivity contribution in [3.05, 3.63) is 24.3 Å². The average Bonchev–Trinajstić information content (AvgIpc) is 2.97. The van der Waals surface area contributed by atoms with E-state index in [2.05, 4.69) is 9.97 Å². The molecule has 5 nitrogen and oxygen atoms in total. The first-order valence-corrected chi connectivity index (χ1v) is 7.36. The van der Waals surface area contributed by atoms with E-state index in [4.69, 9.17) is 0 Å². The van der Waals surface area contributed by atoms with Crippen LogP contribution in [0.2, 0.25) is 0 Å². The van der Waals surface area contributed by atoms with Crippen molar-refractivity contribution in [2.45, 2.75) is 44.6 Å². The largest absolute Gasteiger partial charge is 0.335 e. The van der Waals surface area contributed by atoms with E-state index >= 15 is 0 Å². The summed E-state index contributed by atoms with van der Waals surface area (Å²) in [4.78, 5) is 34.3. The lowest BCUT2D eigenvalue weighted by molar-refractivity contribution is -0.126. The van der Waals surface area contributed by atoms with Gasteiger partial charge in [-0.2, -0.15) is 0 Å². The van der Waals surface area contributed by atoms with Crippen LogP contribution < -0.4 is 0 Å². The second-order valence-electron chi connectivity index (χ2n) is 5.65. The summed E-state index contributed by atoms with van der Waals surface area (Å²) in [5.41, 5.74) is 0.516. The summed E-state index contributed by atoms with van der Waals surface area (Å²) < 4.78 is 0. The normalized spacial score (nSPS) is 26.8. The number of ketones is 1. The fourth-order valence-electron chi connectivity index (χ4n) is 3.46. The monoisotopic (exact) mass is 273 g/mol. The predicted molar refractivity (Wildman–Crippen MR) is 73.1 cm³/mol. The van der Waals surface area contributed by atoms with Gasteiger partial charge in [-0.3, -0.25) is 9.59 Å². The molecule has 2 heterocycles. The number of hydrogen-bond acceptors (Lipinski definition) is 4. The van der Waals surface area contributed by atoms with Crippen LogP contribution in [-0.4, -0.2) is 39.1 Å². The molecule has 1 aliphatic heterocycles. The number of Topliss-reactive ketones (excluding diaryl/α,β-unsaturated/α-hetero) is 1. The fourth-order valence-corrected chi connectivity index (χ4v) is 3.46. The molecule has 2 unspecified atom stereocenters. The summed E-state index contributed by atoms with van der Waals surface area (Å²) in [5, 5.41) is 0. The molecule has 3 rings (SSSR count). The van der Waals surface area contributed by atoms with Crippen LogP contribution in [0, 0.1) is 5.92 Å². The molecule has 1 aromatic heterocycles. The predicted octanol–water partition coefficient (Wildman–Crippen LogP) is 1.84. The molecule has 1 aliphatic carbocycles. The van der Waals surface area contributed by atoms with Crippen LogP contribution in [0.15, 0.2) is 18.7 Å². The van der Waals surface area contributed by atoms with Gasteiger partial charge in [-0.1, -0.05) is 6.42 Å². The van der Waals surface area contributed by atoms with Crippen LogP contribution in [0.1, 0.15) is 48.9 Å². The van der Waals surface area contributed by atoms with Gasteiger partial charge >= 0.3 is 0 Å². The minimum atomic E-state index is -0.0357. The van der Waals surface area contributed by atoms with Gasteiger partial charge in [0.1, 0.15) is 12.1 Å². The second-order valence-corrected chi connectivity index (χ2v) is 5.65. The summed E-state index contributed by atoms with van der Waals surface area (Å²) in [6, 6.07) is 0.0792. The third-order valence-corrected chi connectivity index (χ3v) is 4.43. The molecule has 2 aliphatic rings. The molecule has 1 saturated heterocycles. The number of hydrogen-bond donors (Lipinski definition) is 0. The van der Waals surface area contributed by atoms with Gasteiger partial charge < -0.3 is 4.90 Å². The molecule has 0 N–H and O–H groups in total. The molecule has 2 fully saturated rings. The van der Waals surface area contributed by atoms with Crippen molar-refractivity contribution < 1.29 is 9.59 Å². The first kappa shape index (κ1) is 13.2. The lowest BCUT2D eigenvalue weighted by Gasteiger charge is -2.33. The zero-order chi connectivity index (χ0) is 13.9. The van der Waals surface area contributed by atoms with Crippen LogP contribution in [0.4, 0.5) is 0 Å². The topological polar surface area (TPSA) is 63.2 Å². The van der Waals surface area contributed by atoms with E-state index in [1.165, 1.54) is 6.33 Å². The first-order chi connectivity index (χ1) is 9.77. The number of rotatable bonds is 2. The number of amides is 1. The third-order valence-electron chi connectivity index (χ3n) is 4.43. The van der Waals surface area contributed by atoms with Crippen molar-refractivity contribution in [1.82, 2.24) is 14.9 Å². The van der Waals surface area contributed by atoms with Crippen molar-refractivity contribution in [3.63, 3.8) is 0 Å². The highest BCUT2D eigenvalue weighted by Gasteiger charge is 2.39. The van der Waals surface area contributed by atoms with E-state index in [0.29, 0.717) is 17.8 Å². The zero-order valence-electron chi connectivity index (χ0n) is 11.5. The number of carbonyl (C=O) groups excluding carboxylic acids is 2. The third kappa shape index (κ3) is 2.44. The second kappa shape index (κ2) is 5.69. The van der Waals surface area contributed by atoms with Gasteiger partial charge in [-0.25, -0.2) is 9.97 Å². The van der Waals surface area contributed by atoms with Crippen molar-refractivity contribution in [2.75, 3.05) is 6.54 Å². The van der Waals surface area contributed by atoms with E-state index in [1.807, 2.05) is 4.90 Å². The quantitative estimate of drug-likeness (QED) is 0.825. The SMILES string of the molecule is O=C1CCCCC1C1CCCN1C(=O)c1cncnc1. The average molecular weight is 273 g/mol. The molecule has 0 radical (unpaired) electrons. The van der Waals surface area contributed by atoms with Crippen molar-refractivity contribution in [3.8, 4) is 0 Å². The zero-order valence-corrected chi connectivity index (χ0v) is 11.5. The highest BCUT2D eigenvalue weighted by Crippen LogP contribution is 2.33. The van der Waals surface area contributed by atoms with Crippen LogP contribution in [0.3, 0.4) is 0 Å². The van der Waals surface area contributed by atoms with Crippen LogP contribution in [-0.2, 0) is 4.79 Å². The molecule has 0 bridgehead atoms. The summed E-state index contributed by atoms with van der Waals surface area (Å²) in [7, 11) is 0. The summed E-state index contributed by atoms with van der Waals surface area (Å²) in [6.45, 7) is 0.738. The molecule has 0 aromatic carbocycles. The Labute approximate surface area is 118 Å². The Kier molecular flexibility index (Phi) is 3.76. The smallest absolute Gasteiger partial charge is 0.257 e. The first-order valence-electron chi connectivity index (χ1n) is 7.36. The summed E-state index contributed by atoms with van der Waals surface area (Å²) >= 11 is 0. The molecule has 20 heavy (non-hydrogen) atoms. The summed E-state index contributed by atoms with van der Waals surface area (Å²) in [5.74, 6) is 0.344. The molecular formula is C15H19N3O2. The maximum Gasteiger partial charge on any atom is 0.257 e. The Morgan fingerprint density at radius 1 is 1.15 bits per heavy atom. The van der Waals surface area contributed by atoms with Gasteiger partial charge in [-0.15, -0.1) is 0 Å². The maximum absolute atomic E-state index is 12.5. The number of nitrogens with zero attached hydrogens (tertiary/aromatic N) is 3. The van der Waals surface area contributed by atoms with Crippen LogP contribution in [0.25, 0.3) is 0 Å². The highest BCUT2D eigenvalue weighted by atomic mass is 16.2. The standard InChI is InChI=1S/C15H19N3O2/c19-14-6-2-1-4-12(14)13-5-3-7-18(13)15(20)11-8-16-10-17-9-11/h8-10,12-13H,1-7H2. The minimum Gasteiger partial charge on any atom is -0.335 e. The molecule has 1 aromatic rings. The maximum atomic E-state index is 12.5. The van der Waals surface area contributed by atoms with E-state index in [1.54, 1.807) is 12.4 Å². The Morgan fingerprint density at radius 3 is 2.70 bits per heavy atom. The molecule has 106 valence electrons. The highest BCUT2D eigenvalue weighted by molar-refractivity contribution is 5.94. The van der Waals surface area contributed by atoms with E-state index in [0.717, 1.165) is 38.6 Å². The lowest BCUT2D eigenvalue weighted by atomic mass is 9.81. The number of aromatic nitrogens is 2. The Hall–Kier alpha value is -1.78. The number of carbonyl (C=O) groups is 2. The minimum absolute atomic E-state index is 0.0357. The lowest BCUT2D eigenvalue weighted by Crippen LogP contribution is -2.43. The van der Waals surface area contributed by atoms with Gasteiger partial charge in [0, 0.05) is 37.3 Å². The van der Waals surface area contributed by atoms with E-state index in [9.17, 15) is 9.59 Å². The van der Waals surface area contributed by atoms with Crippen molar-refractivity contribution >= 4 is 11.7 Å². The van der Waals surface area contributed by atoms with Gasteiger partial charge in [0.2, 0.25) is 0 Å². The molecule has 5 heteroatoms.